The van der Waals surface area contributed by atoms with Gasteiger partial charge >= 0.3 is 0 Å². The molecule has 1 aliphatic rings. The SMILES string of the molecule is Cc1cc(C)c2[nH]c(CN3CCC(CN)C3)cc(=O)c2c1. The van der Waals surface area contributed by atoms with Gasteiger partial charge in [-0.3, -0.25) is 9.69 Å². The van der Waals surface area contributed by atoms with Gasteiger partial charge in [0.1, 0.15) is 0 Å². The highest BCUT2D eigenvalue weighted by Crippen LogP contribution is 2.19. The standard InChI is InChI=1S/C17H23N3O/c1-11-5-12(2)17-15(6-11)16(21)7-14(19-17)10-20-4-3-13(8-18)9-20/h5-7,13H,3-4,8-10,18H2,1-2H3,(H,19,21). The van der Waals surface area contributed by atoms with Crippen LogP contribution in [0, 0.1) is 19.8 Å². The number of pyridine rings is 1. The number of benzene rings is 1. The van der Waals surface area contributed by atoms with Gasteiger partial charge in [0.15, 0.2) is 5.43 Å². The third-order valence-corrected chi connectivity index (χ3v) is 4.43. The van der Waals surface area contributed by atoms with Crippen molar-refractivity contribution in [3.05, 3.63) is 45.2 Å². The first-order chi connectivity index (χ1) is 10.1. The Morgan fingerprint density at radius 1 is 1.33 bits per heavy atom. The molecule has 0 radical (unpaired) electrons. The average molecular weight is 285 g/mol. The van der Waals surface area contributed by atoms with E-state index in [1.54, 1.807) is 6.07 Å². The number of nitrogens with two attached hydrogens (primary N) is 1. The van der Waals surface area contributed by atoms with Gasteiger partial charge in [0.25, 0.3) is 0 Å². The summed E-state index contributed by atoms with van der Waals surface area (Å²) >= 11 is 0. The molecule has 112 valence electrons. The molecule has 21 heavy (non-hydrogen) atoms. The molecule has 0 saturated carbocycles. The summed E-state index contributed by atoms with van der Waals surface area (Å²) in [5, 5.41) is 0.789. The van der Waals surface area contributed by atoms with Gasteiger partial charge in [-0.15, -0.1) is 0 Å². The highest BCUT2D eigenvalue weighted by Gasteiger charge is 2.21. The van der Waals surface area contributed by atoms with Crippen molar-refractivity contribution in [3.63, 3.8) is 0 Å². The summed E-state index contributed by atoms with van der Waals surface area (Å²) in [4.78, 5) is 18.2. The molecule has 0 spiro atoms. The van der Waals surface area contributed by atoms with Crippen molar-refractivity contribution in [3.8, 4) is 0 Å². The van der Waals surface area contributed by atoms with E-state index in [1.165, 1.54) is 0 Å². The van der Waals surface area contributed by atoms with Gasteiger partial charge in [-0.25, -0.2) is 0 Å². The minimum atomic E-state index is 0.111. The number of hydrogen-bond acceptors (Lipinski definition) is 3. The van der Waals surface area contributed by atoms with Crippen LogP contribution in [0.5, 0.6) is 0 Å². The number of rotatable bonds is 3. The molecular weight excluding hydrogens is 262 g/mol. The predicted octanol–water partition coefficient (Wildman–Crippen LogP) is 1.93. The number of H-pyrrole nitrogens is 1. The van der Waals surface area contributed by atoms with E-state index in [4.69, 9.17) is 5.73 Å². The Bertz CT molecular complexity index is 720. The van der Waals surface area contributed by atoms with Crippen molar-refractivity contribution in [1.29, 1.82) is 0 Å². The minimum Gasteiger partial charge on any atom is -0.357 e. The molecule has 1 aromatic carbocycles. The number of aromatic nitrogens is 1. The Balaban J connectivity index is 1.92. The maximum atomic E-state index is 12.3. The highest BCUT2D eigenvalue weighted by atomic mass is 16.1. The van der Waals surface area contributed by atoms with Crippen molar-refractivity contribution in [1.82, 2.24) is 9.88 Å². The Labute approximate surface area is 125 Å². The summed E-state index contributed by atoms with van der Waals surface area (Å²) in [6.07, 6.45) is 1.16. The Morgan fingerprint density at radius 3 is 2.86 bits per heavy atom. The summed E-state index contributed by atoms with van der Waals surface area (Å²) in [7, 11) is 0. The molecular formula is C17H23N3O. The third-order valence-electron chi connectivity index (χ3n) is 4.43. The van der Waals surface area contributed by atoms with Crippen molar-refractivity contribution in [2.45, 2.75) is 26.8 Å². The first-order valence-electron chi connectivity index (χ1n) is 7.62. The summed E-state index contributed by atoms with van der Waals surface area (Å²) < 4.78 is 0. The van der Waals surface area contributed by atoms with Crippen molar-refractivity contribution >= 4 is 10.9 Å². The lowest BCUT2D eigenvalue weighted by Gasteiger charge is -2.16. The van der Waals surface area contributed by atoms with Gasteiger partial charge in [-0.05, 0) is 56.5 Å². The molecule has 3 rings (SSSR count). The van der Waals surface area contributed by atoms with Crippen LogP contribution >= 0.6 is 0 Å². The van der Waals surface area contributed by atoms with Gasteiger partial charge in [-0.1, -0.05) is 6.07 Å². The summed E-state index contributed by atoms with van der Waals surface area (Å²) in [5.41, 5.74) is 10.1. The van der Waals surface area contributed by atoms with Gasteiger partial charge in [0.2, 0.25) is 0 Å². The largest absolute Gasteiger partial charge is 0.357 e. The smallest absolute Gasteiger partial charge is 0.189 e. The molecule has 1 fully saturated rings. The molecule has 4 heteroatoms. The monoisotopic (exact) mass is 285 g/mol. The lowest BCUT2D eigenvalue weighted by atomic mass is 10.1. The maximum Gasteiger partial charge on any atom is 0.189 e. The minimum absolute atomic E-state index is 0.111. The Kier molecular flexibility index (Phi) is 3.83. The molecule has 0 amide bonds. The second-order valence-corrected chi connectivity index (χ2v) is 6.29. The lowest BCUT2D eigenvalue weighted by Crippen LogP contribution is -2.24. The fourth-order valence-corrected chi connectivity index (χ4v) is 3.34. The third kappa shape index (κ3) is 2.87. The predicted molar refractivity (Wildman–Crippen MR) is 86.5 cm³/mol. The van der Waals surface area contributed by atoms with E-state index >= 15 is 0 Å². The zero-order valence-electron chi connectivity index (χ0n) is 12.8. The van der Waals surface area contributed by atoms with E-state index in [1.807, 2.05) is 13.0 Å². The molecule has 1 aromatic heterocycles. The van der Waals surface area contributed by atoms with Crippen LogP contribution in [0.1, 0.15) is 23.2 Å². The molecule has 2 aromatic rings. The Morgan fingerprint density at radius 2 is 2.14 bits per heavy atom. The zero-order valence-corrected chi connectivity index (χ0v) is 12.8. The van der Waals surface area contributed by atoms with Crippen LogP contribution < -0.4 is 11.2 Å². The molecule has 1 aliphatic heterocycles. The van der Waals surface area contributed by atoms with Crippen LogP contribution in [0.2, 0.25) is 0 Å². The number of aryl methyl sites for hydroxylation is 2. The number of fused-ring (bicyclic) bond motifs is 1. The second-order valence-electron chi connectivity index (χ2n) is 6.29. The summed E-state index contributed by atoms with van der Waals surface area (Å²) in [6.45, 7) is 7.72. The number of hydrogen-bond donors (Lipinski definition) is 2. The van der Waals surface area contributed by atoms with E-state index in [-0.39, 0.29) is 5.43 Å². The molecule has 1 saturated heterocycles. The summed E-state index contributed by atoms with van der Waals surface area (Å²) in [6, 6.07) is 5.82. The van der Waals surface area contributed by atoms with E-state index in [9.17, 15) is 4.79 Å². The molecule has 3 N–H and O–H groups in total. The van der Waals surface area contributed by atoms with Crippen molar-refractivity contribution in [2.24, 2.45) is 11.7 Å². The molecule has 0 aliphatic carbocycles. The van der Waals surface area contributed by atoms with Gasteiger partial charge in [0.05, 0.1) is 5.52 Å². The van der Waals surface area contributed by atoms with E-state index in [0.717, 1.165) is 60.3 Å². The molecule has 2 heterocycles. The first-order valence-corrected chi connectivity index (χ1v) is 7.62. The second kappa shape index (κ2) is 5.62. The normalized spacial score (nSPS) is 19.5. The number of likely N-dealkylation sites (tertiary alicyclic amines) is 1. The highest BCUT2D eigenvalue weighted by molar-refractivity contribution is 5.82. The fourth-order valence-electron chi connectivity index (χ4n) is 3.34. The average Bonchev–Trinajstić information content (AvgIpc) is 2.88. The van der Waals surface area contributed by atoms with Gasteiger partial charge in [0, 0.05) is 30.2 Å². The van der Waals surface area contributed by atoms with Crippen LogP contribution in [-0.4, -0.2) is 29.5 Å². The van der Waals surface area contributed by atoms with Gasteiger partial charge in [-0.2, -0.15) is 0 Å². The molecule has 4 nitrogen and oxygen atoms in total. The fraction of sp³-hybridized carbons (Fsp3) is 0.471. The number of nitrogens with one attached hydrogen (secondary N) is 1. The molecule has 1 atom stereocenters. The quantitative estimate of drug-likeness (QED) is 0.906. The Hall–Kier alpha value is -1.65. The van der Waals surface area contributed by atoms with Crippen molar-refractivity contribution < 1.29 is 0 Å². The molecule has 1 unspecified atom stereocenters. The summed E-state index contributed by atoms with van der Waals surface area (Å²) in [5.74, 6) is 0.599. The number of aromatic amines is 1. The van der Waals surface area contributed by atoms with Crippen LogP contribution in [0.15, 0.2) is 23.0 Å². The van der Waals surface area contributed by atoms with Gasteiger partial charge < -0.3 is 10.7 Å². The van der Waals surface area contributed by atoms with Crippen molar-refractivity contribution in [2.75, 3.05) is 19.6 Å². The van der Waals surface area contributed by atoms with E-state index < -0.39 is 0 Å². The van der Waals surface area contributed by atoms with Crippen LogP contribution in [0.3, 0.4) is 0 Å². The van der Waals surface area contributed by atoms with E-state index in [0.29, 0.717) is 5.92 Å². The first kappa shape index (κ1) is 14.3. The van der Waals surface area contributed by atoms with Crippen LogP contribution in [0.25, 0.3) is 10.9 Å². The molecule has 0 bridgehead atoms. The van der Waals surface area contributed by atoms with Crippen LogP contribution in [-0.2, 0) is 6.54 Å². The zero-order chi connectivity index (χ0) is 15.0. The van der Waals surface area contributed by atoms with E-state index in [2.05, 4.69) is 22.9 Å². The topological polar surface area (TPSA) is 62.1 Å². The lowest BCUT2D eigenvalue weighted by molar-refractivity contribution is 0.314. The number of nitrogens with zero attached hydrogens (tertiary/aromatic N) is 1. The maximum absolute atomic E-state index is 12.3. The van der Waals surface area contributed by atoms with Crippen LogP contribution in [0.4, 0.5) is 0 Å².